The van der Waals surface area contributed by atoms with Gasteiger partial charge in [0.05, 0.1) is 12.1 Å². The van der Waals surface area contributed by atoms with Crippen molar-refractivity contribution in [3.8, 4) is 0 Å². The predicted octanol–water partition coefficient (Wildman–Crippen LogP) is 3.83. The molecule has 0 saturated carbocycles. The summed E-state index contributed by atoms with van der Waals surface area (Å²) >= 11 is 0. The van der Waals surface area contributed by atoms with Crippen LogP contribution >= 0.6 is 0 Å². The molecule has 1 aromatic carbocycles. The van der Waals surface area contributed by atoms with Crippen molar-refractivity contribution in [2.75, 3.05) is 0 Å². The topological polar surface area (TPSA) is 38.0 Å². The number of aliphatic hydroxyl groups is 1. The Kier molecular flexibility index (Phi) is 4.18. The molecule has 9 heteroatoms. The van der Waals surface area contributed by atoms with Gasteiger partial charge in [-0.3, -0.25) is 4.68 Å². The van der Waals surface area contributed by atoms with Crippen LogP contribution in [0.5, 0.6) is 0 Å². The van der Waals surface area contributed by atoms with Gasteiger partial charge in [0.25, 0.3) is 0 Å². The van der Waals surface area contributed by atoms with Crippen molar-refractivity contribution in [2.24, 2.45) is 0 Å². The Morgan fingerprint density at radius 2 is 1.61 bits per heavy atom. The number of rotatable bonds is 3. The van der Waals surface area contributed by atoms with E-state index in [4.69, 9.17) is 0 Å². The summed E-state index contributed by atoms with van der Waals surface area (Å²) in [4.78, 5) is 0. The van der Waals surface area contributed by atoms with Gasteiger partial charge < -0.3 is 5.11 Å². The molecule has 0 radical (unpaired) electrons. The number of aromatic nitrogens is 2. The maximum absolute atomic E-state index is 12.7. The first-order chi connectivity index (χ1) is 10.4. The number of hydrogen-bond donors (Lipinski definition) is 1. The molecule has 0 spiro atoms. The van der Waals surface area contributed by atoms with E-state index >= 15 is 0 Å². The minimum absolute atomic E-state index is 0.0728. The van der Waals surface area contributed by atoms with E-state index in [0.717, 1.165) is 35.1 Å². The van der Waals surface area contributed by atoms with Crippen molar-refractivity contribution in [3.05, 3.63) is 53.3 Å². The molecule has 0 amide bonds. The Labute approximate surface area is 127 Å². The van der Waals surface area contributed by atoms with Crippen LogP contribution in [0.2, 0.25) is 0 Å². The van der Waals surface area contributed by atoms with Gasteiger partial charge in [-0.1, -0.05) is 12.1 Å². The second kappa shape index (κ2) is 5.55. The number of halogens is 6. The van der Waals surface area contributed by atoms with E-state index < -0.39 is 35.8 Å². The van der Waals surface area contributed by atoms with Crippen molar-refractivity contribution in [3.63, 3.8) is 0 Å². The molecule has 1 N–H and O–H groups in total. The Morgan fingerprint density at radius 3 is 2.13 bits per heavy atom. The molecular weight excluding hydrogens is 326 g/mol. The molecule has 0 bridgehead atoms. The zero-order valence-electron chi connectivity index (χ0n) is 11.8. The Morgan fingerprint density at radius 1 is 1.00 bits per heavy atom. The quantitative estimate of drug-likeness (QED) is 0.864. The fraction of sp³-hybridized carbons (Fsp3) is 0.357. The minimum atomic E-state index is -4.63. The second-order valence-electron chi connectivity index (χ2n) is 5.25. The van der Waals surface area contributed by atoms with Crippen molar-refractivity contribution in [2.45, 2.75) is 31.4 Å². The van der Waals surface area contributed by atoms with Gasteiger partial charge in [-0.05, 0) is 30.7 Å². The van der Waals surface area contributed by atoms with E-state index in [1.54, 1.807) is 0 Å². The van der Waals surface area contributed by atoms with Crippen molar-refractivity contribution in [1.82, 2.24) is 9.78 Å². The first-order valence-corrected chi connectivity index (χ1v) is 6.40. The largest absolute Gasteiger partial charge is 0.435 e. The zero-order chi connectivity index (χ0) is 17.5. The molecule has 0 aliphatic rings. The summed E-state index contributed by atoms with van der Waals surface area (Å²) in [5.74, 6) is 0. The van der Waals surface area contributed by atoms with E-state index in [-0.39, 0.29) is 5.56 Å². The average Bonchev–Trinajstić information content (AvgIpc) is 2.85. The molecule has 2 rings (SSSR count). The van der Waals surface area contributed by atoms with E-state index in [2.05, 4.69) is 5.10 Å². The van der Waals surface area contributed by atoms with Gasteiger partial charge in [-0.25, -0.2) is 0 Å². The fourth-order valence-corrected chi connectivity index (χ4v) is 2.04. The summed E-state index contributed by atoms with van der Waals surface area (Å²) < 4.78 is 76.3. The van der Waals surface area contributed by atoms with Crippen LogP contribution in [0.25, 0.3) is 0 Å². The highest BCUT2D eigenvalue weighted by Gasteiger charge is 2.35. The van der Waals surface area contributed by atoms with Gasteiger partial charge in [-0.15, -0.1) is 0 Å². The molecule has 23 heavy (non-hydrogen) atoms. The average molecular weight is 338 g/mol. The molecule has 0 aliphatic heterocycles. The Bertz CT molecular complexity index is 687. The lowest BCUT2D eigenvalue weighted by molar-refractivity contribution is -0.142. The third-order valence-electron chi connectivity index (χ3n) is 3.21. The maximum Gasteiger partial charge on any atom is 0.435 e. The number of alkyl halides is 6. The Hall–Kier alpha value is -2.03. The summed E-state index contributed by atoms with van der Waals surface area (Å²) in [6, 6.07) is 4.71. The fourth-order valence-electron chi connectivity index (χ4n) is 2.04. The highest BCUT2D eigenvalue weighted by Crippen LogP contribution is 2.33. The lowest BCUT2D eigenvalue weighted by atomic mass is 9.94. The summed E-state index contributed by atoms with van der Waals surface area (Å²) in [6.07, 6.45) is -8.21. The summed E-state index contributed by atoms with van der Waals surface area (Å²) in [5, 5.41) is 13.6. The van der Waals surface area contributed by atoms with Crippen LogP contribution in [0.3, 0.4) is 0 Å². The van der Waals surface area contributed by atoms with Crippen LogP contribution in [-0.2, 0) is 24.5 Å². The first-order valence-electron chi connectivity index (χ1n) is 6.40. The van der Waals surface area contributed by atoms with Gasteiger partial charge in [0, 0.05) is 6.20 Å². The molecule has 3 nitrogen and oxygen atoms in total. The molecule has 0 saturated heterocycles. The van der Waals surface area contributed by atoms with Gasteiger partial charge >= 0.3 is 12.4 Å². The van der Waals surface area contributed by atoms with E-state index in [9.17, 15) is 31.4 Å². The molecule has 1 heterocycles. The minimum Gasteiger partial charge on any atom is -0.384 e. The van der Waals surface area contributed by atoms with Crippen LogP contribution in [0, 0.1) is 0 Å². The molecule has 2 aromatic rings. The van der Waals surface area contributed by atoms with Crippen LogP contribution in [-0.4, -0.2) is 14.9 Å². The highest BCUT2D eigenvalue weighted by atomic mass is 19.4. The monoisotopic (exact) mass is 338 g/mol. The molecule has 0 aliphatic carbocycles. The Balaban J connectivity index is 2.27. The number of hydrogen-bond acceptors (Lipinski definition) is 2. The number of benzene rings is 1. The van der Waals surface area contributed by atoms with E-state index in [1.165, 1.54) is 13.0 Å². The third kappa shape index (κ3) is 4.04. The summed E-state index contributed by atoms with van der Waals surface area (Å²) in [5.41, 5.74) is -3.99. The number of nitrogens with zero attached hydrogens (tertiary/aromatic N) is 2. The standard InChI is InChI=1S/C14H12F6N2O/c1-12(23,8-22-6-5-11(21-22)14(18,19)20)9-3-2-4-10(7-9)13(15,16)17/h2-7,23H,8H2,1H3/t12-/m1/s1. The molecule has 126 valence electrons. The molecule has 0 fully saturated rings. The van der Waals surface area contributed by atoms with Crippen LogP contribution in [0.1, 0.15) is 23.7 Å². The van der Waals surface area contributed by atoms with E-state index in [0.29, 0.717) is 0 Å². The maximum atomic E-state index is 12.7. The molecule has 0 unspecified atom stereocenters. The molecule has 1 aromatic heterocycles. The van der Waals surface area contributed by atoms with Crippen LogP contribution in [0.15, 0.2) is 36.5 Å². The normalized spacial score (nSPS) is 15.5. The first kappa shape index (κ1) is 17.3. The smallest absolute Gasteiger partial charge is 0.384 e. The second-order valence-corrected chi connectivity index (χ2v) is 5.25. The van der Waals surface area contributed by atoms with Crippen LogP contribution < -0.4 is 0 Å². The van der Waals surface area contributed by atoms with Gasteiger partial charge in [0.15, 0.2) is 5.69 Å². The van der Waals surface area contributed by atoms with Crippen LogP contribution in [0.4, 0.5) is 26.3 Å². The summed E-state index contributed by atoms with van der Waals surface area (Å²) in [6.45, 7) is 0.780. The predicted molar refractivity (Wildman–Crippen MR) is 68.2 cm³/mol. The lowest BCUT2D eigenvalue weighted by Crippen LogP contribution is -2.28. The third-order valence-corrected chi connectivity index (χ3v) is 3.21. The zero-order valence-corrected chi connectivity index (χ0v) is 11.8. The lowest BCUT2D eigenvalue weighted by Gasteiger charge is -2.24. The van der Waals surface area contributed by atoms with Gasteiger partial charge in [0.2, 0.25) is 0 Å². The van der Waals surface area contributed by atoms with Crippen molar-refractivity contribution < 1.29 is 31.4 Å². The summed E-state index contributed by atoms with van der Waals surface area (Å²) in [7, 11) is 0. The van der Waals surface area contributed by atoms with Crippen molar-refractivity contribution in [1.29, 1.82) is 0 Å². The molecule has 1 atom stereocenters. The highest BCUT2D eigenvalue weighted by molar-refractivity contribution is 5.29. The SMILES string of the molecule is C[C@@](O)(Cn1ccc(C(F)(F)F)n1)c1cccc(C(F)(F)F)c1. The van der Waals surface area contributed by atoms with Crippen molar-refractivity contribution >= 4 is 0 Å². The van der Waals surface area contributed by atoms with Gasteiger partial charge in [0.1, 0.15) is 5.60 Å². The van der Waals surface area contributed by atoms with E-state index in [1.807, 2.05) is 0 Å². The molecular formula is C14H12F6N2O. The van der Waals surface area contributed by atoms with Gasteiger partial charge in [-0.2, -0.15) is 31.4 Å².